The Labute approximate surface area is 99.2 Å². The molecule has 17 heavy (non-hydrogen) atoms. The summed E-state index contributed by atoms with van der Waals surface area (Å²) in [7, 11) is 3.12. The molecule has 0 radical (unpaired) electrons. The molecule has 88 valence electrons. The molecule has 1 aliphatic heterocycles. The first-order valence-corrected chi connectivity index (χ1v) is 5.58. The highest BCUT2D eigenvalue weighted by Gasteiger charge is 2.69. The Bertz CT molecular complexity index is 525. The molecule has 3 rings (SSSR count). The van der Waals surface area contributed by atoms with Gasteiger partial charge in [0.1, 0.15) is 0 Å². The summed E-state index contributed by atoms with van der Waals surface area (Å²) in [5.41, 5.74) is 1.23. The van der Waals surface area contributed by atoms with Gasteiger partial charge in [-0.3, -0.25) is 9.59 Å². The zero-order chi connectivity index (χ0) is 12.2. The molecule has 0 unspecified atom stereocenters. The number of ether oxygens (including phenoxy) is 1. The third-order valence-corrected chi connectivity index (χ3v) is 3.88. The molecule has 0 saturated heterocycles. The predicted octanol–water partition coefficient (Wildman–Crippen LogP) is 1.09. The lowest BCUT2D eigenvalue weighted by Gasteiger charge is -2.10. The van der Waals surface area contributed by atoms with Crippen molar-refractivity contribution in [3.05, 3.63) is 29.8 Å². The predicted molar refractivity (Wildman–Crippen MR) is 61.7 cm³/mol. The molecule has 4 heteroatoms. The van der Waals surface area contributed by atoms with E-state index in [1.54, 1.807) is 11.9 Å². The summed E-state index contributed by atoms with van der Waals surface area (Å²) >= 11 is 0. The number of para-hydroxylation sites is 1. The Kier molecular flexibility index (Phi) is 1.88. The van der Waals surface area contributed by atoms with E-state index in [9.17, 15) is 9.59 Å². The van der Waals surface area contributed by atoms with Crippen molar-refractivity contribution >= 4 is 17.6 Å². The minimum absolute atomic E-state index is 0.00843. The van der Waals surface area contributed by atoms with Crippen LogP contribution in [0, 0.1) is 5.92 Å². The van der Waals surface area contributed by atoms with Crippen LogP contribution in [0.3, 0.4) is 0 Å². The standard InChI is InChI=1S/C13H13NO3/c1-14-10-6-4-3-5-8(10)13(12(14)16)7-9(13)11(15)17-2/h3-6,9H,7H2,1-2H3/t9-,13+/m0/s1. The number of methoxy groups -OCH3 is 1. The maximum Gasteiger partial charge on any atom is 0.310 e. The van der Waals surface area contributed by atoms with Gasteiger partial charge in [0.15, 0.2) is 0 Å². The van der Waals surface area contributed by atoms with Crippen LogP contribution < -0.4 is 4.90 Å². The number of esters is 1. The number of fused-ring (bicyclic) bond motifs is 2. The zero-order valence-electron chi connectivity index (χ0n) is 9.77. The van der Waals surface area contributed by atoms with E-state index < -0.39 is 5.41 Å². The van der Waals surface area contributed by atoms with Crippen LogP contribution in [0.1, 0.15) is 12.0 Å². The summed E-state index contributed by atoms with van der Waals surface area (Å²) < 4.78 is 4.75. The Balaban J connectivity index is 2.09. The molecule has 1 heterocycles. The van der Waals surface area contributed by atoms with Crippen molar-refractivity contribution in [2.24, 2.45) is 5.92 Å². The molecule has 2 aliphatic rings. The summed E-state index contributed by atoms with van der Waals surface area (Å²) in [6.45, 7) is 0. The van der Waals surface area contributed by atoms with E-state index in [4.69, 9.17) is 4.74 Å². The van der Waals surface area contributed by atoms with Crippen molar-refractivity contribution in [2.75, 3.05) is 19.1 Å². The van der Waals surface area contributed by atoms with Gasteiger partial charge in [0.2, 0.25) is 5.91 Å². The average molecular weight is 231 g/mol. The Morgan fingerprint density at radius 3 is 2.88 bits per heavy atom. The third kappa shape index (κ3) is 1.07. The number of rotatable bonds is 1. The first-order chi connectivity index (χ1) is 8.13. The number of hydrogen-bond acceptors (Lipinski definition) is 3. The van der Waals surface area contributed by atoms with E-state index in [0.29, 0.717) is 6.42 Å². The van der Waals surface area contributed by atoms with Crippen LogP contribution in [0.15, 0.2) is 24.3 Å². The smallest absolute Gasteiger partial charge is 0.310 e. The second-order valence-corrected chi connectivity index (χ2v) is 4.63. The van der Waals surface area contributed by atoms with Crippen LogP contribution in [0.2, 0.25) is 0 Å². The third-order valence-electron chi connectivity index (χ3n) is 3.88. The van der Waals surface area contributed by atoms with Gasteiger partial charge in [0.05, 0.1) is 18.4 Å². The summed E-state index contributed by atoms with van der Waals surface area (Å²) in [4.78, 5) is 25.5. The number of nitrogens with zero attached hydrogens (tertiary/aromatic N) is 1. The van der Waals surface area contributed by atoms with Gasteiger partial charge in [-0.05, 0) is 18.1 Å². The van der Waals surface area contributed by atoms with Crippen LogP contribution in [0.25, 0.3) is 0 Å². The Hall–Kier alpha value is -1.84. The average Bonchev–Trinajstić information content (AvgIpc) is 3.08. The topological polar surface area (TPSA) is 46.6 Å². The van der Waals surface area contributed by atoms with Crippen LogP contribution in [-0.4, -0.2) is 26.0 Å². The number of likely N-dealkylation sites (N-methyl/N-ethyl adjacent to an activating group) is 1. The number of hydrogen-bond donors (Lipinski definition) is 0. The van der Waals surface area contributed by atoms with Crippen molar-refractivity contribution in [2.45, 2.75) is 11.8 Å². The number of anilines is 1. The number of amides is 1. The fourth-order valence-corrected chi connectivity index (χ4v) is 2.89. The lowest BCUT2D eigenvalue weighted by Crippen LogP contribution is -2.31. The molecule has 0 bridgehead atoms. The Morgan fingerprint density at radius 1 is 1.47 bits per heavy atom. The van der Waals surface area contributed by atoms with Gasteiger partial charge in [0, 0.05) is 12.7 Å². The van der Waals surface area contributed by atoms with Crippen LogP contribution in [-0.2, 0) is 19.7 Å². The molecule has 4 nitrogen and oxygen atoms in total. The van der Waals surface area contributed by atoms with Crippen LogP contribution in [0.4, 0.5) is 5.69 Å². The van der Waals surface area contributed by atoms with Gasteiger partial charge in [-0.2, -0.15) is 0 Å². The van der Waals surface area contributed by atoms with Crippen LogP contribution >= 0.6 is 0 Å². The van der Waals surface area contributed by atoms with Gasteiger partial charge in [-0.15, -0.1) is 0 Å². The number of carbonyl (C=O) groups is 2. The molecular weight excluding hydrogens is 218 g/mol. The van der Waals surface area contributed by atoms with Gasteiger partial charge < -0.3 is 9.64 Å². The second-order valence-electron chi connectivity index (χ2n) is 4.63. The van der Waals surface area contributed by atoms with Gasteiger partial charge in [-0.1, -0.05) is 18.2 Å². The fraction of sp³-hybridized carbons (Fsp3) is 0.385. The zero-order valence-corrected chi connectivity index (χ0v) is 9.77. The molecule has 0 N–H and O–H groups in total. The minimum Gasteiger partial charge on any atom is -0.469 e. The van der Waals surface area contributed by atoms with Crippen molar-refractivity contribution in [3.63, 3.8) is 0 Å². The molecule has 1 aromatic rings. The molecule has 1 amide bonds. The number of benzene rings is 1. The maximum atomic E-state index is 12.3. The van der Waals surface area contributed by atoms with E-state index in [1.165, 1.54) is 7.11 Å². The summed E-state index contributed by atoms with van der Waals surface area (Å²) in [5.74, 6) is -0.594. The minimum atomic E-state index is -0.640. The van der Waals surface area contributed by atoms with Crippen LogP contribution in [0.5, 0.6) is 0 Å². The number of carbonyl (C=O) groups excluding carboxylic acids is 2. The van der Waals surface area contributed by atoms with Gasteiger partial charge in [-0.25, -0.2) is 0 Å². The highest BCUT2D eigenvalue weighted by molar-refractivity contribution is 6.13. The first kappa shape index (κ1) is 10.3. The second kappa shape index (κ2) is 3.09. The first-order valence-electron chi connectivity index (χ1n) is 5.58. The van der Waals surface area contributed by atoms with Gasteiger partial charge in [0.25, 0.3) is 0 Å². The molecule has 2 atom stereocenters. The van der Waals surface area contributed by atoms with E-state index >= 15 is 0 Å². The molecule has 1 spiro atoms. The van der Waals surface area contributed by atoms with E-state index in [-0.39, 0.29) is 17.8 Å². The maximum absolute atomic E-state index is 12.3. The quantitative estimate of drug-likeness (QED) is 0.680. The normalized spacial score (nSPS) is 29.4. The monoisotopic (exact) mass is 231 g/mol. The molecule has 0 aromatic heterocycles. The fourth-order valence-electron chi connectivity index (χ4n) is 2.89. The van der Waals surface area contributed by atoms with Crippen molar-refractivity contribution < 1.29 is 14.3 Å². The molecule has 1 saturated carbocycles. The van der Waals surface area contributed by atoms with Crippen molar-refractivity contribution in [1.29, 1.82) is 0 Å². The molecule has 1 aliphatic carbocycles. The lowest BCUT2D eigenvalue weighted by molar-refractivity contribution is -0.143. The highest BCUT2D eigenvalue weighted by Crippen LogP contribution is 2.61. The van der Waals surface area contributed by atoms with E-state index in [1.807, 2.05) is 24.3 Å². The van der Waals surface area contributed by atoms with E-state index in [2.05, 4.69) is 0 Å². The summed E-state index contributed by atoms with van der Waals surface area (Å²) in [5, 5.41) is 0. The summed E-state index contributed by atoms with van der Waals surface area (Å²) in [6, 6.07) is 7.64. The van der Waals surface area contributed by atoms with E-state index in [0.717, 1.165) is 11.3 Å². The molecular formula is C13H13NO3. The largest absolute Gasteiger partial charge is 0.469 e. The SMILES string of the molecule is COC(=O)[C@@H]1C[C@]12C(=O)N(C)c1ccccc12. The van der Waals surface area contributed by atoms with Crippen molar-refractivity contribution in [1.82, 2.24) is 0 Å². The Morgan fingerprint density at radius 2 is 2.18 bits per heavy atom. The highest BCUT2D eigenvalue weighted by atomic mass is 16.5. The van der Waals surface area contributed by atoms with Crippen molar-refractivity contribution in [3.8, 4) is 0 Å². The molecule has 1 fully saturated rings. The lowest BCUT2D eigenvalue weighted by atomic mass is 9.95. The van der Waals surface area contributed by atoms with Gasteiger partial charge >= 0.3 is 5.97 Å². The summed E-state index contributed by atoms with van der Waals surface area (Å²) in [6.07, 6.45) is 0.569. The molecule has 1 aromatic carbocycles.